The molecule has 0 spiro atoms. The lowest BCUT2D eigenvalue weighted by Crippen LogP contribution is -2.27. The summed E-state index contributed by atoms with van der Waals surface area (Å²) in [6.07, 6.45) is 1.92. The summed E-state index contributed by atoms with van der Waals surface area (Å²) in [6.45, 7) is 1.65. The van der Waals surface area contributed by atoms with E-state index in [2.05, 4.69) is 15.2 Å². The lowest BCUT2D eigenvalue weighted by Gasteiger charge is -2.09. The first-order chi connectivity index (χ1) is 11.1. The molecular formula is C17H22FN3OS. The standard InChI is InChI=1S/C17H22FN3OS/c1-21(2)11-5-10-19-16(22)9-8-13-12-23-17(20-13)14-6-3-4-7-15(14)18/h3-4,6-7,12H,5,8-11H2,1-2H3,(H,19,22). The number of nitrogens with one attached hydrogen (secondary N) is 1. The molecule has 0 aliphatic heterocycles. The Morgan fingerprint density at radius 3 is 2.87 bits per heavy atom. The maximum Gasteiger partial charge on any atom is 0.220 e. The highest BCUT2D eigenvalue weighted by molar-refractivity contribution is 7.13. The SMILES string of the molecule is CN(C)CCCNC(=O)CCc1csc(-c2ccccc2F)n1. The van der Waals surface area contributed by atoms with E-state index in [9.17, 15) is 9.18 Å². The van der Waals surface area contributed by atoms with Crippen LogP contribution >= 0.6 is 11.3 Å². The van der Waals surface area contributed by atoms with Gasteiger partial charge in [-0.05, 0) is 45.6 Å². The Bertz CT molecular complexity index is 642. The van der Waals surface area contributed by atoms with Gasteiger partial charge in [-0.3, -0.25) is 4.79 Å². The monoisotopic (exact) mass is 335 g/mol. The van der Waals surface area contributed by atoms with E-state index >= 15 is 0 Å². The minimum Gasteiger partial charge on any atom is -0.356 e. The van der Waals surface area contributed by atoms with Gasteiger partial charge in [0.25, 0.3) is 0 Å². The molecule has 2 aromatic rings. The predicted molar refractivity (Wildman–Crippen MR) is 92.0 cm³/mol. The summed E-state index contributed by atoms with van der Waals surface area (Å²) >= 11 is 1.40. The van der Waals surface area contributed by atoms with Crippen molar-refractivity contribution in [2.75, 3.05) is 27.2 Å². The summed E-state index contributed by atoms with van der Waals surface area (Å²) in [5.41, 5.74) is 1.34. The highest BCUT2D eigenvalue weighted by Crippen LogP contribution is 2.26. The number of amides is 1. The van der Waals surface area contributed by atoms with Crippen LogP contribution in [0.2, 0.25) is 0 Å². The Hall–Kier alpha value is -1.79. The second-order valence-corrected chi connectivity index (χ2v) is 6.49. The van der Waals surface area contributed by atoms with Crippen LogP contribution in [0.15, 0.2) is 29.6 Å². The van der Waals surface area contributed by atoms with Crippen LogP contribution in [0, 0.1) is 5.82 Å². The smallest absolute Gasteiger partial charge is 0.220 e. The lowest BCUT2D eigenvalue weighted by molar-refractivity contribution is -0.121. The molecule has 23 heavy (non-hydrogen) atoms. The fourth-order valence-electron chi connectivity index (χ4n) is 2.13. The Morgan fingerprint density at radius 2 is 2.13 bits per heavy atom. The van der Waals surface area contributed by atoms with Gasteiger partial charge in [0.05, 0.1) is 5.69 Å². The molecule has 1 heterocycles. The number of hydrogen-bond acceptors (Lipinski definition) is 4. The normalized spacial score (nSPS) is 11.0. The molecular weight excluding hydrogens is 313 g/mol. The third kappa shape index (κ3) is 5.73. The van der Waals surface area contributed by atoms with Gasteiger partial charge in [-0.2, -0.15) is 0 Å². The molecule has 1 N–H and O–H groups in total. The average Bonchev–Trinajstić information content (AvgIpc) is 2.98. The Labute approximate surface area is 140 Å². The molecule has 1 aromatic carbocycles. The number of halogens is 1. The minimum atomic E-state index is -0.271. The first-order valence-electron chi connectivity index (χ1n) is 7.67. The van der Waals surface area contributed by atoms with Crippen molar-refractivity contribution < 1.29 is 9.18 Å². The summed E-state index contributed by atoms with van der Waals surface area (Å²) in [5, 5.41) is 5.45. The maximum atomic E-state index is 13.7. The summed E-state index contributed by atoms with van der Waals surface area (Å²) in [4.78, 5) is 18.3. The van der Waals surface area contributed by atoms with Crippen LogP contribution in [0.4, 0.5) is 4.39 Å². The molecule has 0 aliphatic rings. The Morgan fingerprint density at radius 1 is 1.35 bits per heavy atom. The molecule has 124 valence electrons. The molecule has 0 radical (unpaired) electrons. The zero-order valence-electron chi connectivity index (χ0n) is 13.5. The maximum absolute atomic E-state index is 13.7. The average molecular weight is 335 g/mol. The largest absolute Gasteiger partial charge is 0.356 e. The molecule has 0 saturated heterocycles. The van der Waals surface area contributed by atoms with E-state index in [0.29, 0.717) is 30.0 Å². The lowest BCUT2D eigenvalue weighted by atomic mass is 10.2. The first-order valence-corrected chi connectivity index (χ1v) is 8.55. The second kappa shape index (κ2) is 8.74. The summed E-state index contributed by atoms with van der Waals surface area (Å²) in [6, 6.07) is 6.60. The van der Waals surface area contributed by atoms with Crippen molar-refractivity contribution in [1.29, 1.82) is 0 Å². The third-order valence-corrected chi connectivity index (χ3v) is 4.29. The van der Waals surface area contributed by atoms with E-state index in [0.717, 1.165) is 18.7 Å². The number of rotatable bonds is 8. The summed E-state index contributed by atoms with van der Waals surface area (Å²) in [7, 11) is 4.02. The number of thiazole rings is 1. The highest BCUT2D eigenvalue weighted by atomic mass is 32.1. The zero-order chi connectivity index (χ0) is 16.7. The first kappa shape index (κ1) is 17.6. The number of carbonyl (C=O) groups excluding carboxylic acids is 1. The Balaban J connectivity index is 1.79. The van der Waals surface area contributed by atoms with Gasteiger partial charge in [0.2, 0.25) is 5.91 Å². The van der Waals surface area contributed by atoms with Crippen LogP contribution in [0.1, 0.15) is 18.5 Å². The van der Waals surface area contributed by atoms with Crippen LogP contribution in [0.3, 0.4) is 0 Å². The molecule has 6 heteroatoms. The number of aryl methyl sites for hydroxylation is 1. The fraction of sp³-hybridized carbons (Fsp3) is 0.412. The van der Waals surface area contributed by atoms with Gasteiger partial charge in [0, 0.05) is 23.9 Å². The van der Waals surface area contributed by atoms with Crippen molar-refractivity contribution in [3.8, 4) is 10.6 Å². The van der Waals surface area contributed by atoms with Crippen molar-refractivity contribution in [3.63, 3.8) is 0 Å². The van der Waals surface area contributed by atoms with E-state index in [1.807, 2.05) is 19.5 Å². The van der Waals surface area contributed by atoms with Gasteiger partial charge < -0.3 is 10.2 Å². The van der Waals surface area contributed by atoms with Gasteiger partial charge in [-0.15, -0.1) is 11.3 Å². The van der Waals surface area contributed by atoms with Gasteiger partial charge in [0.15, 0.2) is 0 Å². The molecule has 0 aliphatic carbocycles. The van der Waals surface area contributed by atoms with Crippen molar-refractivity contribution >= 4 is 17.2 Å². The number of carbonyl (C=O) groups is 1. The van der Waals surface area contributed by atoms with Gasteiger partial charge >= 0.3 is 0 Å². The third-order valence-electron chi connectivity index (χ3n) is 3.37. The minimum absolute atomic E-state index is 0.0317. The molecule has 0 atom stereocenters. The van der Waals surface area contributed by atoms with E-state index in [1.165, 1.54) is 17.4 Å². The molecule has 1 amide bonds. The van der Waals surface area contributed by atoms with Crippen LogP contribution in [-0.2, 0) is 11.2 Å². The molecule has 0 bridgehead atoms. The van der Waals surface area contributed by atoms with Crippen LogP contribution in [-0.4, -0.2) is 43.0 Å². The van der Waals surface area contributed by atoms with Crippen molar-refractivity contribution in [1.82, 2.24) is 15.2 Å². The number of benzene rings is 1. The van der Waals surface area contributed by atoms with Gasteiger partial charge in [-0.1, -0.05) is 12.1 Å². The fourth-order valence-corrected chi connectivity index (χ4v) is 3.01. The molecule has 0 unspecified atom stereocenters. The number of hydrogen-bond donors (Lipinski definition) is 1. The van der Waals surface area contributed by atoms with Crippen LogP contribution in [0.25, 0.3) is 10.6 Å². The van der Waals surface area contributed by atoms with Crippen molar-refractivity contribution in [2.24, 2.45) is 0 Å². The summed E-state index contributed by atoms with van der Waals surface area (Å²) < 4.78 is 13.7. The van der Waals surface area contributed by atoms with Gasteiger partial charge in [-0.25, -0.2) is 9.37 Å². The van der Waals surface area contributed by atoms with Crippen molar-refractivity contribution in [3.05, 3.63) is 41.2 Å². The molecule has 2 rings (SSSR count). The van der Waals surface area contributed by atoms with E-state index < -0.39 is 0 Å². The molecule has 1 aromatic heterocycles. The number of nitrogens with zero attached hydrogens (tertiary/aromatic N) is 2. The van der Waals surface area contributed by atoms with Crippen LogP contribution < -0.4 is 5.32 Å². The topological polar surface area (TPSA) is 45.2 Å². The quantitative estimate of drug-likeness (QED) is 0.755. The van der Waals surface area contributed by atoms with Crippen molar-refractivity contribution in [2.45, 2.75) is 19.3 Å². The molecule has 0 fully saturated rings. The zero-order valence-corrected chi connectivity index (χ0v) is 14.3. The molecule has 4 nitrogen and oxygen atoms in total. The van der Waals surface area contributed by atoms with E-state index in [4.69, 9.17) is 0 Å². The summed E-state index contributed by atoms with van der Waals surface area (Å²) in [5.74, 6) is -0.240. The van der Waals surface area contributed by atoms with E-state index in [-0.39, 0.29) is 11.7 Å². The highest BCUT2D eigenvalue weighted by Gasteiger charge is 2.10. The predicted octanol–water partition coefficient (Wildman–Crippen LogP) is 2.95. The second-order valence-electron chi connectivity index (χ2n) is 5.63. The van der Waals surface area contributed by atoms with Crippen LogP contribution in [0.5, 0.6) is 0 Å². The van der Waals surface area contributed by atoms with E-state index in [1.54, 1.807) is 18.2 Å². The molecule has 0 saturated carbocycles. The Kier molecular flexibility index (Phi) is 6.67. The van der Waals surface area contributed by atoms with Gasteiger partial charge in [0.1, 0.15) is 10.8 Å². The number of aromatic nitrogens is 1.